The van der Waals surface area contributed by atoms with Gasteiger partial charge < -0.3 is 5.11 Å². The molecule has 110 valence electrons. The number of rotatable bonds is 5. The molecule has 4 nitrogen and oxygen atoms in total. The first-order valence-corrected chi connectivity index (χ1v) is 7.80. The van der Waals surface area contributed by atoms with Gasteiger partial charge in [-0.3, -0.25) is 14.5 Å². The van der Waals surface area contributed by atoms with Gasteiger partial charge in [-0.15, -0.1) is 0 Å². The van der Waals surface area contributed by atoms with Gasteiger partial charge in [-0.2, -0.15) is 0 Å². The molecule has 1 aromatic carbocycles. The maximum atomic E-state index is 12.2. The minimum Gasteiger partial charge on any atom is -0.481 e. The predicted molar refractivity (Wildman–Crippen MR) is 88.0 cm³/mol. The highest BCUT2D eigenvalue weighted by Crippen LogP contribution is 2.32. The van der Waals surface area contributed by atoms with E-state index in [1.165, 1.54) is 22.2 Å². The number of thiocarbonyl (C=S) groups is 1. The molecule has 1 fully saturated rings. The minimum atomic E-state index is -0.941. The number of carbonyl (C=O) groups excluding carboxylic acids is 1. The molecule has 0 bridgehead atoms. The quantitative estimate of drug-likeness (QED) is 0.667. The fourth-order valence-corrected chi connectivity index (χ4v) is 3.21. The van der Waals surface area contributed by atoms with E-state index >= 15 is 0 Å². The van der Waals surface area contributed by atoms with Gasteiger partial charge >= 0.3 is 5.97 Å². The van der Waals surface area contributed by atoms with Gasteiger partial charge in [-0.1, -0.05) is 55.2 Å². The maximum absolute atomic E-state index is 12.2. The summed E-state index contributed by atoms with van der Waals surface area (Å²) in [6.07, 6.45) is 2.65. The summed E-state index contributed by atoms with van der Waals surface area (Å²) in [7, 11) is 0. The summed E-state index contributed by atoms with van der Waals surface area (Å²) in [6.45, 7) is 2.20. The van der Waals surface area contributed by atoms with Crippen LogP contribution in [0.25, 0.3) is 6.08 Å². The number of carboxylic acids is 1. The number of thioether (sulfide) groups is 1. The number of aryl methyl sites for hydroxylation is 1. The molecule has 0 spiro atoms. The Morgan fingerprint density at radius 1 is 1.38 bits per heavy atom. The summed E-state index contributed by atoms with van der Waals surface area (Å²) >= 11 is 6.35. The minimum absolute atomic E-state index is 0.106. The van der Waals surface area contributed by atoms with Crippen LogP contribution in [0.4, 0.5) is 0 Å². The summed E-state index contributed by atoms with van der Waals surface area (Å²) in [4.78, 5) is 24.7. The van der Waals surface area contributed by atoms with Crippen LogP contribution >= 0.6 is 24.0 Å². The van der Waals surface area contributed by atoms with Crippen molar-refractivity contribution in [2.45, 2.75) is 19.8 Å². The summed E-state index contributed by atoms with van der Waals surface area (Å²) in [6, 6.07) is 7.97. The lowest BCUT2D eigenvalue weighted by Crippen LogP contribution is -2.30. The van der Waals surface area contributed by atoms with Gasteiger partial charge in [0.15, 0.2) is 0 Å². The van der Waals surface area contributed by atoms with E-state index in [1.54, 1.807) is 6.08 Å². The third-order valence-electron chi connectivity index (χ3n) is 3.11. The van der Waals surface area contributed by atoms with Crippen molar-refractivity contribution in [3.05, 3.63) is 40.3 Å². The molecular formula is C15H15NO3S2. The lowest BCUT2D eigenvalue weighted by molar-refractivity contribution is -0.137. The molecule has 21 heavy (non-hydrogen) atoms. The first-order valence-electron chi connectivity index (χ1n) is 6.57. The van der Waals surface area contributed by atoms with Crippen molar-refractivity contribution in [2.75, 3.05) is 6.54 Å². The van der Waals surface area contributed by atoms with Crippen LogP contribution in [0, 0.1) is 0 Å². The van der Waals surface area contributed by atoms with E-state index in [1.807, 2.05) is 24.3 Å². The molecule has 1 saturated heterocycles. The molecule has 0 radical (unpaired) electrons. The molecule has 1 N–H and O–H groups in total. The van der Waals surface area contributed by atoms with Gasteiger partial charge in [0.05, 0.1) is 11.3 Å². The van der Waals surface area contributed by atoms with Crippen LogP contribution in [0.5, 0.6) is 0 Å². The van der Waals surface area contributed by atoms with E-state index in [-0.39, 0.29) is 18.9 Å². The zero-order valence-electron chi connectivity index (χ0n) is 11.5. The zero-order valence-corrected chi connectivity index (χ0v) is 13.2. The number of hydrogen-bond donors (Lipinski definition) is 1. The molecule has 1 aliphatic heterocycles. The second kappa shape index (κ2) is 6.87. The number of nitrogens with zero attached hydrogens (tertiary/aromatic N) is 1. The fraction of sp³-hybridized carbons (Fsp3) is 0.267. The van der Waals surface area contributed by atoms with Crippen LogP contribution in [0.3, 0.4) is 0 Å². The molecule has 1 aromatic rings. The number of hydrogen-bond acceptors (Lipinski definition) is 4. The molecule has 0 atom stereocenters. The molecule has 2 rings (SSSR count). The number of aliphatic carboxylic acids is 1. The summed E-state index contributed by atoms with van der Waals surface area (Å²) in [5.74, 6) is -1.16. The SMILES string of the molecule is CCc1ccc(C=C2SC(=S)N(CCC(=O)O)C2=O)cc1. The van der Waals surface area contributed by atoms with Gasteiger partial charge in [0.2, 0.25) is 0 Å². The number of amides is 1. The summed E-state index contributed by atoms with van der Waals surface area (Å²) < 4.78 is 0.415. The average Bonchev–Trinajstić information content (AvgIpc) is 2.72. The van der Waals surface area contributed by atoms with Gasteiger partial charge in [0.25, 0.3) is 5.91 Å². The fourth-order valence-electron chi connectivity index (χ4n) is 1.90. The Bertz CT molecular complexity index is 608. The van der Waals surface area contributed by atoms with E-state index in [9.17, 15) is 9.59 Å². The Morgan fingerprint density at radius 3 is 2.62 bits per heavy atom. The largest absolute Gasteiger partial charge is 0.481 e. The number of carbonyl (C=O) groups is 2. The molecule has 1 heterocycles. The third kappa shape index (κ3) is 3.92. The molecule has 0 unspecified atom stereocenters. The monoisotopic (exact) mass is 321 g/mol. The summed E-state index contributed by atoms with van der Waals surface area (Å²) in [5.41, 5.74) is 2.17. The number of benzene rings is 1. The normalized spacial score (nSPS) is 16.8. The maximum Gasteiger partial charge on any atom is 0.305 e. The average molecular weight is 321 g/mol. The van der Waals surface area contributed by atoms with Crippen LogP contribution in [0.15, 0.2) is 29.2 Å². The summed E-state index contributed by atoms with van der Waals surface area (Å²) in [5, 5.41) is 8.69. The van der Waals surface area contributed by atoms with E-state index in [0.717, 1.165) is 12.0 Å². The van der Waals surface area contributed by atoms with E-state index in [0.29, 0.717) is 9.23 Å². The molecule has 0 saturated carbocycles. The first kappa shape index (κ1) is 15.7. The van der Waals surface area contributed by atoms with Crippen molar-refractivity contribution in [2.24, 2.45) is 0 Å². The third-order valence-corrected chi connectivity index (χ3v) is 4.49. The van der Waals surface area contributed by atoms with Crippen LogP contribution in [-0.4, -0.2) is 32.7 Å². The highest BCUT2D eigenvalue weighted by Gasteiger charge is 2.31. The zero-order chi connectivity index (χ0) is 15.4. The molecule has 1 aliphatic rings. The number of carboxylic acid groups (broad SMARTS) is 1. The molecule has 6 heteroatoms. The van der Waals surface area contributed by atoms with Gasteiger partial charge in [-0.05, 0) is 23.6 Å². The van der Waals surface area contributed by atoms with Crippen LogP contribution in [-0.2, 0) is 16.0 Å². The smallest absolute Gasteiger partial charge is 0.305 e. The van der Waals surface area contributed by atoms with Crippen molar-refractivity contribution in [3.8, 4) is 0 Å². The Labute approximate surface area is 132 Å². The Morgan fingerprint density at radius 2 is 2.05 bits per heavy atom. The topological polar surface area (TPSA) is 57.6 Å². The Balaban J connectivity index is 2.13. The van der Waals surface area contributed by atoms with E-state index < -0.39 is 5.97 Å². The second-order valence-corrected chi connectivity index (χ2v) is 6.25. The van der Waals surface area contributed by atoms with E-state index in [2.05, 4.69) is 6.92 Å². The van der Waals surface area contributed by atoms with Crippen molar-refractivity contribution in [1.29, 1.82) is 0 Å². The molecular weight excluding hydrogens is 306 g/mol. The van der Waals surface area contributed by atoms with Gasteiger partial charge in [0.1, 0.15) is 4.32 Å². The molecule has 1 amide bonds. The first-order chi connectivity index (χ1) is 10.0. The molecule has 0 aliphatic carbocycles. The lowest BCUT2D eigenvalue weighted by Gasteiger charge is -2.12. The van der Waals surface area contributed by atoms with Crippen molar-refractivity contribution < 1.29 is 14.7 Å². The second-order valence-electron chi connectivity index (χ2n) is 4.57. The van der Waals surface area contributed by atoms with Crippen molar-refractivity contribution in [3.63, 3.8) is 0 Å². The standard InChI is InChI=1S/C15H15NO3S2/c1-2-10-3-5-11(6-4-10)9-12-14(19)16(15(20)21-12)8-7-13(17)18/h3-6,9H,2,7-8H2,1H3,(H,17,18). The lowest BCUT2D eigenvalue weighted by atomic mass is 10.1. The van der Waals surface area contributed by atoms with Crippen molar-refractivity contribution in [1.82, 2.24) is 4.90 Å². The van der Waals surface area contributed by atoms with Crippen LogP contribution < -0.4 is 0 Å². The van der Waals surface area contributed by atoms with Gasteiger partial charge in [0, 0.05) is 6.54 Å². The van der Waals surface area contributed by atoms with Crippen molar-refractivity contribution >= 4 is 46.3 Å². The van der Waals surface area contributed by atoms with Crippen LogP contribution in [0.1, 0.15) is 24.5 Å². The van der Waals surface area contributed by atoms with Gasteiger partial charge in [-0.25, -0.2) is 0 Å². The van der Waals surface area contributed by atoms with E-state index in [4.69, 9.17) is 17.3 Å². The predicted octanol–water partition coefficient (Wildman–Crippen LogP) is 2.92. The molecule has 0 aromatic heterocycles. The van der Waals surface area contributed by atoms with Crippen LogP contribution in [0.2, 0.25) is 0 Å². The Kier molecular flexibility index (Phi) is 5.14. The highest BCUT2D eigenvalue weighted by atomic mass is 32.2. The highest BCUT2D eigenvalue weighted by molar-refractivity contribution is 8.26. The Hall–Kier alpha value is -1.66.